The van der Waals surface area contributed by atoms with E-state index in [4.69, 9.17) is 9.47 Å². The predicted molar refractivity (Wildman–Crippen MR) is 75.2 cm³/mol. The largest absolute Gasteiger partial charge is 0.480 e. The lowest BCUT2D eigenvalue weighted by atomic mass is 9.90. The lowest BCUT2D eigenvalue weighted by Gasteiger charge is -2.33. The molecule has 2 aliphatic rings. The van der Waals surface area contributed by atoms with Gasteiger partial charge < -0.3 is 25.2 Å². The first-order valence-electron chi connectivity index (χ1n) is 7.61. The van der Waals surface area contributed by atoms with Gasteiger partial charge in [-0.05, 0) is 25.7 Å². The van der Waals surface area contributed by atoms with Gasteiger partial charge in [0.2, 0.25) is 0 Å². The van der Waals surface area contributed by atoms with Crippen LogP contribution in [0, 0.1) is 0 Å². The average Bonchev–Trinajstić information content (AvgIpc) is 2.98. The van der Waals surface area contributed by atoms with Crippen molar-refractivity contribution in [1.29, 1.82) is 0 Å². The molecule has 2 amide bonds. The van der Waals surface area contributed by atoms with Gasteiger partial charge in [-0.2, -0.15) is 0 Å². The highest BCUT2D eigenvalue weighted by Crippen LogP contribution is 2.21. The summed E-state index contributed by atoms with van der Waals surface area (Å²) in [5, 5.41) is 14.7. The second kappa shape index (κ2) is 7.61. The van der Waals surface area contributed by atoms with E-state index in [1.807, 2.05) is 0 Å². The summed E-state index contributed by atoms with van der Waals surface area (Å²) in [4.78, 5) is 23.3. The SMILES string of the molecule is O=C(NCCCC1CCCO1)NC1(C(=O)O)CCOCC1. The number of urea groups is 1. The number of hydrogen-bond acceptors (Lipinski definition) is 4. The smallest absolute Gasteiger partial charge is 0.329 e. The van der Waals surface area contributed by atoms with E-state index < -0.39 is 17.5 Å². The molecular formula is C14H24N2O5. The summed E-state index contributed by atoms with van der Waals surface area (Å²) in [6.07, 6.45) is 4.88. The van der Waals surface area contributed by atoms with Gasteiger partial charge in [-0.1, -0.05) is 0 Å². The molecule has 2 rings (SSSR count). The van der Waals surface area contributed by atoms with Crippen molar-refractivity contribution in [1.82, 2.24) is 10.6 Å². The Morgan fingerprint density at radius 2 is 2.00 bits per heavy atom. The number of carboxylic acids is 1. The lowest BCUT2D eigenvalue weighted by molar-refractivity contribution is -0.148. The Morgan fingerprint density at radius 3 is 2.62 bits per heavy atom. The molecule has 2 fully saturated rings. The number of carboxylic acid groups (broad SMARTS) is 1. The zero-order valence-corrected chi connectivity index (χ0v) is 12.2. The molecule has 7 heteroatoms. The number of carbonyl (C=O) groups is 2. The van der Waals surface area contributed by atoms with Crippen LogP contribution in [0.3, 0.4) is 0 Å². The monoisotopic (exact) mass is 300 g/mol. The molecule has 0 aromatic rings. The Kier molecular flexibility index (Phi) is 5.81. The van der Waals surface area contributed by atoms with Gasteiger partial charge in [-0.3, -0.25) is 0 Å². The van der Waals surface area contributed by atoms with Crippen LogP contribution in [0.25, 0.3) is 0 Å². The minimum Gasteiger partial charge on any atom is -0.480 e. The van der Waals surface area contributed by atoms with Crippen LogP contribution in [0.1, 0.15) is 38.5 Å². The van der Waals surface area contributed by atoms with E-state index in [2.05, 4.69) is 10.6 Å². The molecule has 120 valence electrons. The van der Waals surface area contributed by atoms with Crippen molar-refractivity contribution in [3.05, 3.63) is 0 Å². The van der Waals surface area contributed by atoms with Crippen molar-refractivity contribution >= 4 is 12.0 Å². The zero-order chi connectivity index (χ0) is 15.1. The van der Waals surface area contributed by atoms with Gasteiger partial charge in [0, 0.05) is 39.2 Å². The standard InChI is InChI=1S/C14H24N2O5/c17-12(18)14(5-9-20-10-6-14)16-13(19)15-7-1-3-11-4-2-8-21-11/h11H,1-10H2,(H,17,18)(H2,15,16,19). The summed E-state index contributed by atoms with van der Waals surface area (Å²) >= 11 is 0. The molecular weight excluding hydrogens is 276 g/mol. The minimum atomic E-state index is -1.20. The Hall–Kier alpha value is -1.34. The Balaban J connectivity index is 1.68. The lowest BCUT2D eigenvalue weighted by Crippen LogP contribution is -2.59. The average molecular weight is 300 g/mol. The summed E-state index contributed by atoms with van der Waals surface area (Å²) in [5.74, 6) is -1.000. The molecule has 0 radical (unpaired) electrons. The molecule has 7 nitrogen and oxygen atoms in total. The molecule has 0 bridgehead atoms. The number of aliphatic carboxylic acids is 1. The fraction of sp³-hybridized carbons (Fsp3) is 0.857. The molecule has 0 aromatic carbocycles. The van der Waals surface area contributed by atoms with E-state index in [0.29, 0.717) is 38.7 Å². The van der Waals surface area contributed by atoms with Crippen LogP contribution >= 0.6 is 0 Å². The summed E-state index contributed by atoms with van der Waals surface area (Å²) < 4.78 is 10.7. The van der Waals surface area contributed by atoms with E-state index in [1.165, 1.54) is 0 Å². The van der Waals surface area contributed by atoms with Gasteiger partial charge in [0.15, 0.2) is 0 Å². The number of rotatable bonds is 6. The molecule has 0 spiro atoms. The molecule has 1 atom stereocenters. The van der Waals surface area contributed by atoms with Gasteiger partial charge in [0.05, 0.1) is 6.10 Å². The number of hydrogen-bond donors (Lipinski definition) is 3. The Labute approximate surface area is 124 Å². The second-order valence-electron chi connectivity index (χ2n) is 5.66. The number of amides is 2. The summed E-state index contributed by atoms with van der Waals surface area (Å²) in [5.41, 5.74) is -1.20. The fourth-order valence-corrected chi connectivity index (χ4v) is 2.78. The van der Waals surface area contributed by atoms with Crippen LogP contribution in [0.15, 0.2) is 0 Å². The first-order valence-corrected chi connectivity index (χ1v) is 7.61. The molecule has 0 saturated carbocycles. The van der Waals surface area contributed by atoms with Crippen LogP contribution < -0.4 is 10.6 Å². The molecule has 21 heavy (non-hydrogen) atoms. The molecule has 0 aliphatic carbocycles. The third kappa shape index (κ3) is 4.57. The molecule has 2 aliphatic heterocycles. The van der Waals surface area contributed by atoms with Crippen LogP contribution in [-0.2, 0) is 14.3 Å². The van der Waals surface area contributed by atoms with E-state index in [9.17, 15) is 14.7 Å². The van der Waals surface area contributed by atoms with Gasteiger partial charge in [0.25, 0.3) is 0 Å². The van der Waals surface area contributed by atoms with Gasteiger partial charge in [0.1, 0.15) is 5.54 Å². The number of nitrogens with one attached hydrogen (secondary N) is 2. The Morgan fingerprint density at radius 1 is 1.24 bits per heavy atom. The molecule has 1 unspecified atom stereocenters. The Bertz CT molecular complexity index is 362. The van der Waals surface area contributed by atoms with Crippen molar-refractivity contribution in [3.63, 3.8) is 0 Å². The van der Waals surface area contributed by atoms with Gasteiger partial charge >= 0.3 is 12.0 Å². The van der Waals surface area contributed by atoms with E-state index in [0.717, 1.165) is 32.3 Å². The number of ether oxygens (including phenoxy) is 2. The van der Waals surface area contributed by atoms with E-state index in [-0.39, 0.29) is 0 Å². The molecule has 2 saturated heterocycles. The molecule has 2 heterocycles. The highest BCUT2D eigenvalue weighted by atomic mass is 16.5. The second-order valence-corrected chi connectivity index (χ2v) is 5.66. The van der Waals surface area contributed by atoms with E-state index in [1.54, 1.807) is 0 Å². The van der Waals surface area contributed by atoms with Crippen LogP contribution in [0.5, 0.6) is 0 Å². The quantitative estimate of drug-likeness (QED) is 0.633. The van der Waals surface area contributed by atoms with Crippen LogP contribution in [-0.4, -0.2) is 55.1 Å². The molecule has 3 N–H and O–H groups in total. The van der Waals surface area contributed by atoms with Crippen LogP contribution in [0.2, 0.25) is 0 Å². The van der Waals surface area contributed by atoms with Crippen LogP contribution in [0.4, 0.5) is 4.79 Å². The maximum atomic E-state index is 11.9. The zero-order valence-electron chi connectivity index (χ0n) is 12.2. The highest BCUT2D eigenvalue weighted by Gasteiger charge is 2.41. The third-order valence-electron chi connectivity index (χ3n) is 4.12. The summed E-state index contributed by atoms with van der Waals surface area (Å²) in [6.45, 7) is 2.07. The van der Waals surface area contributed by atoms with Gasteiger partial charge in [-0.25, -0.2) is 9.59 Å². The van der Waals surface area contributed by atoms with Crippen molar-refractivity contribution < 1.29 is 24.2 Å². The fourth-order valence-electron chi connectivity index (χ4n) is 2.78. The van der Waals surface area contributed by atoms with Crippen molar-refractivity contribution in [2.24, 2.45) is 0 Å². The summed E-state index contributed by atoms with van der Waals surface area (Å²) in [6, 6.07) is -0.424. The first-order chi connectivity index (χ1) is 10.1. The number of carbonyl (C=O) groups excluding carboxylic acids is 1. The van der Waals surface area contributed by atoms with E-state index >= 15 is 0 Å². The third-order valence-corrected chi connectivity index (χ3v) is 4.12. The normalized spacial score (nSPS) is 24.5. The molecule has 0 aromatic heterocycles. The van der Waals surface area contributed by atoms with Crippen molar-refractivity contribution in [3.8, 4) is 0 Å². The first kappa shape index (κ1) is 16.0. The van der Waals surface area contributed by atoms with Gasteiger partial charge in [-0.15, -0.1) is 0 Å². The summed E-state index contributed by atoms with van der Waals surface area (Å²) in [7, 11) is 0. The van der Waals surface area contributed by atoms with Crippen molar-refractivity contribution in [2.45, 2.75) is 50.2 Å². The highest BCUT2D eigenvalue weighted by molar-refractivity contribution is 5.86. The maximum Gasteiger partial charge on any atom is 0.329 e. The minimum absolute atomic E-state index is 0.297. The topological polar surface area (TPSA) is 96.9 Å². The van der Waals surface area contributed by atoms with Crippen molar-refractivity contribution in [2.75, 3.05) is 26.4 Å². The maximum absolute atomic E-state index is 11.9. The predicted octanol–water partition coefficient (Wildman–Crippen LogP) is 0.879.